The molecular weight excluding hydrogens is 463 g/mol. The fourth-order valence-electron chi connectivity index (χ4n) is 3.31. The number of carbonyl (C=O) groups is 1. The Morgan fingerprint density at radius 2 is 2.06 bits per heavy atom. The number of nitrogens with one attached hydrogen (secondary N) is 2. The van der Waals surface area contributed by atoms with Gasteiger partial charge in [-0.05, 0) is 30.7 Å². The number of nitrogens with zero attached hydrogens (tertiary/aromatic N) is 3. The maximum absolute atomic E-state index is 13.2. The molecule has 12 heteroatoms. The zero-order valence-electron chi connectivity index (χ0n) is 19.0. The number of unbranched alkanes of at least 4 members (excludes halogenated alkanes) is 1. The van der Waals surface area contributed by atoms with Crippen LogP contribution in [0.4, 0.5) is 21.0 Å². The van der Waals surface area contributed by atoms with Crippen LogP contribution in [0, 0.1) is 5.82 Å². The van der Waals surface area contributed by atoms with E-state index < -0.39 is 17.2 Å². The molecule has 1 aromatic carbocycles. The first-order valence-electron chi connectivity index (χ1n) is 10.7. The van der Waals surface area contributed by atoms with E-state index in [9.17, 15) is 18.8 Å². The van der Waals surface area contributed by atoms with E-state index in [-0.39, 0.29) is 37.0 Å². The van der Waals surface area contributed by atoms with Gasteiger partial charge in [-0.3, -0.25) is 19.1 Å². The van der Waals surface area contributed by atoms with Gasteiger partial charge in [-0.2, -0.15) is 0 Å². The van der Waals surface area contributed by atoms with Crippen LogP contribution in [0.25, 0.3) is 11.3 Å². The standard InChI is InChI=1S/C22H27FN6O4S/c1-3-4-9-29-19(24)18(20(31)27-22(29)32)28(10-11-33-2)12-17(30)26-21-25-16(13-34-21)14-5-7-15(23)8-6-14/h5-8,13H,3-4,9-12,24H2,1-2H3,(H,25,26,30)(H,27,31,32). The van der Waals surface area contributed by atoms with Crippen molar-refractivity contribution in [3.8, 4) is 11.3 Å². The van der Waals surface area contributed by atoms with Gasteiger partial charge < -0.3 is 20.7 Å². The van der Waals surface area contributed by atoms with Gasteiger partial charge in [0, 0.05) is 31.1 Å². The number of thiazole rings is 1. The third-order valence-corrected chi connectivity index (χ3v) is 5.81. The number of halogens is 1. The minimum atomic E-state index is -0.674. The summed E-state index contributed by atoms with van der Waals surface area (Å²) in [5.41, 5.74) is 6.28. The van der Waals surface area contributed by atoms with E-state index in [0.29, 0.717) is 29.4 Å². The van der Waals surface area contributed by atoms with Gasteiger partial charge in [-0.1, -0.05) is 13.3 Å². The highest BCUT2D eigenvalue weighted by Crippen LogP contribution is 2.25. The molecule has 0 atom stereocenters. The second kappa shape index (κ2) is 11.6. The monoisotopic (exact) mass is 490 g/mol. The second-order valence-electron chi connectivity index (χ2n) is 7.51. The highest BCUT2D eigenvalue weighted by molar-refractivity contribution is 7.14. The van der Waals surface area contributed by atoms with Crippen LogP contribution in [-0.4, -0.2) is 47.2 Å². The number of hydrogen-bond acceptors (Lipinski definition) is 8. The lowest BCUT2D eigenvalue weighted by Gasteiger charge is -2.25. The number of rotatable bonds is 11. The van der Waals surface area contributed by atoms with Crippen molar-refractivity contribution in [2.24, 2.45) is 0 Å². The molecule has 0 unspecified atom stereocenters. The van der Waals surface area contributed by atoms with Gasteiger partial charge in [0.15, 0.2) is 5.13 Å². The van der Waals surface area contributed by atoms with Crippen molar-refractivity contribution in [1.82, 2.24) is 14.5 Å². The Hall–Kier alpha value is -3.51. The van der Waals surface area contributed by atoms with Crippen LogP contribution < -0.4 is 27.2 Å². The van der Waals surface area contributed by atoms with E-state index in [4.69, 9.17) is 10.5 Å². The Morgan fingerprint density at radius 1 is 1.32 bits per heavy atom. The van der Waals surface area contributed by atoms with Crippen LogP contribution in [-0.2, 0) is 16.1 Å². The van der Waals surface area contributed by atoms with Gasteiger partial charge in [-0.15, -0.1) is 11.3 Å². The molecule has 182 valence electrons. The third-order valence-electron chi connectivity index (χ3n) is 5.06. The van der Waals surface area contributed by atoms with Gasteiger partial charge in [0.05, 0.1) is 18.8 Å². The van der Waals surface area contributed by atoms with Crippen molar-refractivity contribution in [3.63, 3.8) is 0 Å². The van der Waals surface area contributed by atoms with Crippen LogP contribution in [0.2, 0.25) is 0 Å². The average molecular weight is 491 g/mol. The highest BCUT2D eigenvalue weighted by atomic mass is 32.1. The van der Waals surface area contributed by atoms with E-state index >= 15 is 0 Å². The Labute approximate surface area is 199 Å². The van der Waals surface area contributed by atoms with Gasteiger partial charge >= 0.3 is 5.69 Å². The first-order valence-corrected chi connectivity index (χ1v) is 11.6. The molecule has 1 amide bonds. The Kier molecular flexibility index (Phi) is 8.55. The van der Waals surface area contributed by atoms with Crippen LogP contribution in [0.3, 0.4) is 0 Å². The van der Waals surface area contributed by atoms with Crippen LogP contribution >= 0.6 is 11.3 Å². The van der Waals surface area contributed by atoms with E-state index in [1.807, 2.05) is 6.92 Å². The van der Waals surface area contributed by atoms with Crippen molar-refractivity contribution in [1.29, 1.82) is 0 Å². The third kappa shape index (κ3) is 6.08. The van der Waals surface area contributed by atoms with Gasteiger partial charge in [0.2, 0.25) is 5.91 Å². The Bertz CT molecular complexity index is 1240. The molecule has 0 aliphatic rings. The van der Waals surface area contributed by atoms with Crippen LogP contribution in [0.1, 0.15) is 19.8 Å². The maximum atomic E-state index is 13.2. The summed E-state index contributed by atoms with van der Waals surface area (Å²) in [7, 11) is 1.50. The summed E-state index contributed by atoms with van der Waals surface area (Å²) in [4.78, 5) is 45.8. The SMILES string of the molecule is CCCCn1c(N)c(N(CCOC)CC(=O)Nc2nc(-c3ccc(F)cc3)cs2)c(=O)[nH]c1=O. The summed E-state index contributed by atoms with van der Waals surface area (Å²) in [6, 6.07) is 5.88. The number of aromatic amines is 1. The molecule has 34 heavy (non-hydrogen) atoms. The fraction of sp³-hybridized carbons (Fsp3) is 0.364. The molecule has 0 saturated heterocycles. The number of nitrogens with two attached hydrogens (primary N) is 1. The summed E-state index contributed by atoms with van der Waals surface area (Å²) in [5.74, 6) is -0.779. The largest absolute Gasteiger partial charge is 0.383 e. The Morgan fingerprint density at radius 3 is 2.74 bits per heavy atom. The molecule has 2 aromatic heterocycles. The predicted molar refractivity (Wildman–Crippen MR) is 131 cm³/mol. The molecule has 0 radical (unpaired) electrons. The van der Waals surface area contributed by atoms with Crippen molar-refractivity contribution >= 4 is 33.9 Å². The van der Waals surface area contributed by atoms with Crippen molar-refractivity contribution in [2.45, 2.75) is 26.3 Å². The quantitative estimate of drug-likeness (QED) is 0.375. The number of benzene rings is 1. The van der Waals surface area contributed by atoms with Crippen molar-refractivity contribution in [2.75, 3.05) is 42.8 Å². The minimum absolute atomic E-state index is 0.000974. The number of ether oxygens (including phenoxy) is 1. The van der Waals surface area contributed by atoms with E-state index in [1.54, 1.807) is 17.5 Å². The van der Waals surface area contributed by atoms with Crippen LogP contribution in [0.5, 0.6) is 0 Å². The van der Waals surface area contributed by atoms with Crippen molar-refractivity contribution < 1.29 is 13.9 Å². The molecule has 0 bridgehead atoms. The van der Waals surface area contributed by atoms with Gasteiger partial charge in [-0.25, -0.2) is 14.2 Å². The summed E-state index contributed by atoms with van der Waals surface area (Å²) in [5, 5.41) is 4.81. The average Bonchev–Trinajstić information content (AvgIpc) is 3.25. The number of carbonyl (C=O) groups excluding carboxylic acids is 1. The lowest BCUT2D eigenvalue weighted by molar-refractivity contribution is -0.115. The predicted octanol–water partition coefficient (Wildman–Crippen LogP) is 2.27. The summed E-state index contributed by atoms with van der Waals surface area (Å²) >= 11 is 1.22. The first-order chi connectivity index (χ1) is 16.3. The van der Waals surface area contributed by atoms with Gasteiger partial charge in [0.25, 0.3) is 5.56 Å². The molecule has 3 rings (SSSR count). The number of nitrogen functional groups attached to an aromatic ring is 1. The molecule has 0 saturated carbocycles. The lowest BCUT2D eigenvalue weighted by atomic mass is 10.2. The molecule has 0 fully saturated rings. The zero-order chi connectivity index (χ0) is 24.7. The maximum Gasteiger partial charge on any atom is 0.330 e. The number of H-pyrrole nitrogens is 1. The Balaban J connectivity index is 1.81. The number of methoxy groups -OCH3 is 1. The number of aromatic nitrogens is 3. The summed E-state index contributed by atoms with van der Waals surface area (Å²) in [6.45, 7) is 2.53. The smallest absolute Gasteiger partial charge is 0.330 e. The summed E-state index contributed by atoms with van der Waals surface area (Å²) in [6.07, 6.45) is 1.54. The summed E-state index contributed by atoms with van der Waals surface area (Å²) < 4.78 is 19.6. The minimum Gasteiger partial charge on any atom is -0.383 e. The molecule has 3 aromatic rings. The molecule has 2 heterocycles. The zero-order valence-corrected chi connectivity index (χ0v) is 19.8. The van der Waals surface area contributed by atoms with E-state index in [0.717, 1.165) is 6.42 Å². The van der Waals surface area contributed by atoms with Crippen molar-refractivity contribution in [3.05, 3.63) is 56.3 Å². The fourth-order valence-corrected chi connectivity index (χ4v) is 4.04. The number of anilines is 3. The molecule has 0 aliphatic heterocycles. The molecular formula is C22H27FN6O4S. The number of hydrogen-bond donors (Lipinski definition) is 3. The number of amides is 1. The normalized spacial score (nSPS) is 10.9. The van der Waals surface area contributed by atoms with Gasteiger partial charge in [0.1, 0.15) is 17.3 Å². The molecule has 4 N–H and O–H groups in total. The lowest BCUT2D eigenvalue weighted by Crippen LogP contribution is -2.42. The first kappa shape index (κ1) is 25.1. The topological polar surface area (TPSA) is 135 Å². The molecule has 0 spiro atoms. The highest BCUT2D eigenvalue weighted by Gasteiger charge is 2.21. The second-order valence-corrected chi connectivity index (χ2v) is 8.36. The molecule has 10 nitrogen and oxygen atoms in total. The molecule has 0 aliphatic carbocycles. The van der Waals surface area contributed by atoms with E-state index in [1.165, 1.54) is 40.0 Å². The van der Waals surface area contributed by atoms with Crippen LogP contribution in [0.15, 0.2) is 39.2 Å². The van der Waals surface area contributed by atoms with E-state index in [2.05, 4.69) is 15.3 Å².